The fourth-order valence-corrected chi connectivity index (χ4v) is 1.79. The molecule has 7 nitrogen and oxygen atoms in total. The van der Waals surface area contributed by atoms with Gasteiger partial charge in [-0.1, -0.05) is 12.1 Å². The first kappa shape index (κ1) is 10.9. The summed E-state index contributed by atoms with van der Waals surface area (Å²) in [5, 5.41) is 10.8. The molecule has 86 valence electrons. The average Bonchev–Trinajstić information content (AvgIpc) is 2.87. The van der Waals surface area contributed by atoms with Gasteiger partial charge in [-0.05, 0) is 22.5 Å². The molecular formula is C8H11N5O2S. The van der Waals surface area contributed by atoms with Gasteiger partial charge in [0, 0.05) is 0 Å². The van der Waals surface area contributed by atoms with Gasteiger partial charge >= 0.3 is 0 Å². The molecule has 2 aromatic heterocycles. The monoisotopic (exact) mass is 241 g/mol. The average molecular weight is 241 g/mol. The highest BCUT2D eigenvalue weighted by molar-refractivity contribution is 7.98. The molecule has 2 aromatic rings. The highest BCUT2D eigenvalue weighted by Gasteiger charge is 2.16. The van der Waals surface area contributed by atoms with Crippen molar-refractivity contribution in [2.45, 2.75) is 19.1 Å². The van der Waals surface area contributed by atoms with Gasteiger partial charge in [0.2, 0.25) is 11.5 Å². The highest BCUT2D eigenvalue weighted by atomic mass is 32.2. The van der Waals surface area contributed by atoms with Crippen molar-refractivity contribution in [3.05, 3.63) is 5.82 Å². The van der Waals surface area contributed by atoms with Gasteiger partial charge in [-0.15, -0.1) is 0 Å². The number of hydrogen-bond donors (Lipinski definition) is 1. The SMILES string of the molecule is CCCSCc1noc(-c2nonc2N)n1. The smallest absolute Gasteiger partial charge is 0.284 e. The Morgan fingerprint density at radius 1 is 1.31 bits per heavy atom. The van der Waals surface area contributed by atoms with Crippen LogP contribution in [0, 0.1) is 0 Å². The van der Waals surface area contributed by atoms with E-state index in [0.717, 1.165) is 12.2 Å². The number of thioether (sulfide) groups is 1. The van der Waals surface area contributed by atoms with Crippen molar-refractivity contribution in [2.24, 2.45) is 0 Å². The molecule has 0 aliphatic heterocycles. The molecule has 0 aromatic carbocycles. The predicted octanol–water partition coefficient (Wildman–Crippen LogP) is 1.34. The predicted molar refractivity (Wildman–Crippen MR) is 58.5 cm³/mol. The van der Waals surface area contributed by atoms with Crippen LogP contribution >= 0.6 is 11.8 Å². The second kappa shape index (κ2) is 4.97. The van der Waals surface area contributed by atoms with E-state index >= 15 is 0 Å². The first-order valence-corrected chi connectivity index (χ1v) is 5.95. The van der Waals surface area contributed by atoms with E-state index in [2.05, 4.69) is 32.0 Å². The zero-order valence-corrected chi connectivity index (χ0v) is 9.53. The van der Waals surface area contributed by atoms with E-state index in [1.165, 1.54) is 0 Å². The van der Waals surface area contributed by atoms with E-state index in [1.54, 1.807) is 11.8 Å². The Morgan fingerprint density at radius 3 is 2.88 bits per heavy atom. The quantitative estimate of drug-likeness (QED) is 0.782. The van der Waals surface area contributed by atoms with Gasteiger partial charge in [-0.2, -0.15) is 16.7 Å². The number of nitrogens with two attached hydrogens (primary N) is 1. The lowest BCUT2D eigenvalue weighted by Gasteiger charge is -1.91. The zero-order chi connectivity index (χ0) is 11.4. The third kappa shape index (κ3) is 2.32. The number of nitrogen functional groups attached to an aromatic ring is 1. The van der Waals surface area contributed by atoms with Crippen LogP contribution in [-0.2, 0) is 5.75 Å². The number of aromatic nitrogens is 4. The van der Waals surface area contributed by atoms with Crippen molar-refractivity contribution in [3.8, 4) is 11.6 Å². The summed E-state index contributed by atoms with van der Waals surface area (Å²) in [6.45, 7) is 2.12. The van der Waals surface area contributed by atoms with Crippen LogP contribution in [-0.4, -0.2) is 26.2 Å². The highest BCUT2D eigenvalue weighted by Crippen LogP contribution is 2.20. The lowest BCUT2D eigenvalue weighted by atomic mass is 10.4. The van der Waals surface area contributed by atoms with Crippen molar-refractivity contribution in [1.29, 1.82) is 0 Å². The van der Waals surface area contributed by atoms with Gasteiger partial charge in [-0.3, -0.25) is 0 Å². The maximum Gasteiger partial charge on any atom is 0.284 e. The summed E-state index contributed by atoms with van der Waals surface area (Å²) < 4.78 is 9.45. The molecule has 0 saturated carbocycles. The van der Waals surface area contributed by atoms with Crippen LogP contribution < -0.4 is 5.73 Å². The van der Waals surface area contributed by atoms with Crippen molar-refractivity contribution in [3.63, 3.8) is 0 Å². The standard InChI is InChI=1S/C8H11N5O2S/c1-2-3-16-4-5-10-8(14-11-5)6-7(9)13-15-12-6/h2-4H2,1H3,(H2,9,13). The summed E-state index contributed by atoms with van der Waals surface area (Å²) in [5.41, 5.74) is 5.79. The molecule has 2 N–H and O–H groups in total. The zero-order valence-electron chi connectivity index (χ0n) is 8.71. The lowest BCUT2D eigenvalue weighted by molar-refractivity contribution is 0.308. The Morgan fingerprint density at radius 2 is 2.19 bits per heavy atom. The van der Waals surface area contributed by atoms with E-state index in [-0.39, 0.29) is 11.7 Å². The van der Waals surface area contributed by atoms with E-state index in [4.69, 9.17) is 10.3 Å². The first-order valence-electron chi connectivity index (χ1n) is 4.80. The molecule has 0 amide bonds. The van der Waals surface area contributed by atoms with Crippen molar-refractivity contribution < 1.29 is 9.15 Å². The molecule has 2 rings (SSSR count). The summed E-state index contributed by atoms with van der Waals surface area (Å²) >= 11 is 1.75. The number of anilines is 1. The van der Waals surface area contributed by atoms with Gasteiger partial charge in [0.25, 0.3) is 5.89 Å². The molecule has 0 spiro atoms. The second-order valence-electron chi connectivity index (χ2n) is 3.07. The molecule has 0 bridgehead atoms. The van der Waals surface area contributed by atoms with Gasteiger partial charge in [0.05, 0.1) is 5.75 Å². The van der Waals surface area contributed by atoms with Crippen LogP contribution in [0.25, 0.3) is 11.6 Å². The van der Waals surface area contributed by atoms with Crippen LogP contribution in [0.15, 0.2) is 9.15 Å². The van der Waals surface area contributed by atoms with Gasteiger partial charge in [0.15, 0.2) is 5.82 Å². The molecule has 0 aliphatic rings. The molecule has 0 fully saturated rings. The summed E-state index contributed by atoms with van der Waals surface area (Å²) in [6.07, 6.45) is 1.12. The van der Waals surface area contributed by atoms with Crippen LogP contribution in [0.3, 0.4) is 0 Å². The third-order valence-electron chi connectivity index (χ3n) is 1.76. The topological polar surface area (TPSA) is 104 Å². The Hall–Kier alpha value is -1.57. The fourth-order valence-electron chi connectivity index (χ4n) is 1.06. The summed E-state index contributed by atoms with van der Waals surface area (Å²) in [7, 11) is 0. The molecule has 0 unspecified atom stereocenters. The summed E-state index contributed by atoms with van der Waals surface area (Å²) in [4.78, 5) is 4.14. The minimum Gasteiger partial charge on any atom is -0.379 e. The molecule has 0 atom stereocenters. The summed E-state index contributed by atoms with van der Waals surface area (Å²) in [5.74, 6) is 2.79. The molecular weight excluding hydrogens is 230 g/mol. The molecule has 0 radical (unpaired) electrons. The maximum atomic E-state index is 5.50. The molecule has 2 heterocycles. The number of rotatable bonds is 5. The van der Waals surface area contributed by atoms with Crippen molar-refractivity contribution >= 4 is 17.6 Å². The molecule has 8 heteroatoms. The largest absolute Gasteiger partial charge is 0.379 e. The minimum atomic E-state index is 0.149. The number of nitrogens with zero attached hydrogens (tertiary/aromatic N) is 4. The van der Waals surface area contributed by atoms with Crippen molar-refractivity contribution in [2.75, 3.05) is 11.5 Å². The lowest BCUT2D eigenvalue weighted by Crippen LogP contribution is -1.89. The van der Waals surface area contributed by atoms with Crippen LogP contribution in [0.5, 0.6) is 0 Å². The summed E-state index contributed by atoms with van der Waals surface area (Å²) in [6, 6.07) is 0. The van der Waals surface area contributed by atoms with Gasteiger partial charge in [0.1, 0.15) is 0 Å². The van der Waals surface area contributed by atoms with E-state index in [1.807, 2.05) is 0 Å². The maximum absolute atomic E-state index is 5.50. The Balaban J connectivity index is 2.05. The Kier molecular flexibility index (Phi) is 3.40. The number of hydrogen-bond acceptors (Lipinski definition) is 8. The normalized spacial score (nSPS) is 10.8. The van der Waals surface area contributed by atoms with Crippen molar-refractivity contribution in [1.82, 2.24) is 20.5 Å². The van der Waals surface area contributed by atoms with Gasteiger partial charge in [-0.25, -0.2) is 4.63 Å². The second-order valence-corrected chi connectivity index (χ2v) is 4.17. The molecule has 16 heavy (non-hydrogen) atoms. The van der Waals surface area contributed by atoms with Crippen LogP contribution in [0.2, 0.25) is 0 Å². The third-order valence-corrected chi connectivity index (χ3v) is 2.92. The van der Waals surface area contributed by atoms with Gasteiger partial charge < -0.3 is 10.3 Å². The van der Waals surface area contributed by atoms with E-state index in [0.29, 0.717) is 17.3 Å². The fraction of sp³-hybridized carbons (Fsp3) is 0.500. The van der Waals surface area contributed by atoms with Crippen LogP contribution in [0.1, 0.15) is 19.2 Å². The Bertz CT molecular complexity index is 455. The van der Waals surface area contributed by atoms with Crippen LogP contribution in [0.4, 0.5) is 5.82 Å². The van der Waals surface area contributed by atoms with E-state index in [9.17, 15) is 0 Å². The minimum absolute atomic E-state index is 0.149. The molecule has 0 aliphatic carbocycles. The molecule has 0 saturated heterocycles. The van der Waals surface area contributed by atoms with E-state index < -0.39 is 0 Å². The Labute approximate surface area is 95.7 Å². The first-order chi connectivity index (χ1) is 7.81.